The van der Waals surface area contributed by atoms with Crippen molar-refractivity contribution in [3.63, 3.8) is 0 Å². The second-order valence-corrected chi connectivity index (χ2v) is 9.09. The molecule has 0 unspecified atom stereocenters. The third-order valence-electron chi connectivity index (χ3n) is 6.71. The molecule has 33 heavy (non-hydrogen) atoms. The fraction of sp³-hybridized carbons (Fsp3) is 0.542. The molecular weight excluding hydrogens is 422 g/mol. The average Bonchev–Trinajstić information content (AvgIpc) is 3.50. The second-order valence-electron chi connectivity index (χ2n) is 9.09. The van der Waals surface area contributed by atoms with E-state index < -0.39 is 0 Å². The molecule has 5 rings (SSSR count). The Labute approximate surface area is 194 Å². The molecule has 0 bridgehead atoms. The first-order valence-corrected chi connectivity index (χ1v) is 11.5. The molecule has 1 amide bonds. The number of rotatable bonds is 7. The van der Waals surface area contributed by atoms with Crippen molar-refractivity contribution in [2.45, 2.75) is 51.8 Å². The number of hydrogen-bond donors (Lipinski definition) is 1. The minimum atomic E-state index is -0.177. The van der Waals surface area contributed by atoms with Gasteiger partial charge in [0.2, 0.25) is 5.88 Å². The van der Waals surface area contributed by atoms with Gasteiger partial charge >= 0.3 is 0 Å². The Balaban J connectivity index is 1.40. The highest BCUT2D eigenvalue weighted by Gasteiger charge is 2.43. The van der Waals surface area contributed by atoms with Crippen LogP contribution in [0, 0.1) is 5.92 Å². The van der Waals surface area contributed by atoms with E-state index >= 15 is 0 Å². The van der Waals surface area contributed by atoms with E-state index in [9.17, 15) is 4.79 Å². The molecule has 176 valence electrons. The van der Waals surface area contributed by atoms with Crippen molar-refractivity contribution in [3.8, 4) is 5.88 Å². The third kappa shape index (κ3) is 4.05. The molecule has 2 saturated heterocycles. The van der Waals surface area contributed by atoms with Gasteiger partial charge in [-0.05, 0) is 39.4 Å². The molecule has 9 nitrogen and oxygen atoms in total. The molecule has 0 radical (unpaired) electrons. The SMILES string of the molecule is CNCc1nc(N(C)C(C)C)cc2c1CN(c1cccc(O[C@H]3CO[C@H]4OCC[C@H]43)n1)C2=O. The topological polar surface area (TPSA) is 89.1 Å². The average molecular weight is 454 g/mol. The molecule has 3 atom stereocenters. The number of ether oxygens (including phenoxy) is 3. The molecule has 2 fully saturated rings. The van der Waals surface area contributed by atoms with Crippen molar-refractivity contribution in [2.75, 3.05) is 37.1 Å². The van der Waals surface area contributed by atoms with Crippen LogP contribution in [0.1, 0.15) is 41.9 Å². The Morgan fingerprint density at radius 1 is 1.30 bits per heavy atom. The van der Waals surface area contributed by atoms with Crippen molar-refractivity contribution >= 4 is 17.5 Å². The van der Waals surface area contributed by atoms with Gasteiger partial charge in [0.05, 0.1) is 36.9 Å². The van der Waals surface area contributed by atoms with E-state index in [0.29, 0.717) is 43.6 Å². The summed E-state index contributed by atoms with van der Waals surface area (Å²) in [4.78, 5) is 26.7. The van der Waals surface area contributed by atoms with E-state index in [1.807, 2.05) is 38.4 Å². The number of aromatic nitrogens is 2. The van der Waals surface area contributed by atoms with Crippen molar-refractivity contribution in [3.05, 3.63) is 41.1 Å². The number of anilines is 2. The molecule has 0 saturated carbocycles. The summed E-state index contributed by atoms with van der Waals surface area (Å²) in [5.41, 5.74) is 2.51. The summed E-state index contributed by atoms with van der Waals surface area (Å²) in [5.74, 6) is 2.01. The zero-order valence-corrected chi connectivity index (χ0v) is 19.6. The molecule has 3 aliphatic heterocycles. The number of hydrogen-bond acceptors (Lipinski definition) is 8. The van der Waals surface area contributed by atoms with Crippen LogP contribution < -0.4 is 19.9 Å². The summed E-state index contributed by atoms with van der Waals surface area (Å²) < 4.78 is 17.4. The Morgan fingerprint density at radius 2 is 2.15 bits per heavy atom. The lowest BCUT2D eigenvalue weighted by Crippen LogP contribution is -2.28. The quantitative estimate of drug-likeness (QED) is 0.684. The maximum Gasteiger partial charge on any atom is 0.260 e. The smallest absolute Gasteiger partial charge is 0.260 e. The number of amides is 1. The maximum atomic E-state index is 13.4. The van der Waals surface area contributed by atoms with Crippen LogP contribution in [0.3, 0.4) is 0 Å². The number of fused-ring (bicyclic) bond motifs is 2. The van der Waals surface area contributed by atoms with Crippen LogP contribution in [0.5, 0.6) is 5.88 Å². The lowest BCUT2D eigenvalue weighted by molar-refractivity contribution is -0.0906. The lowest BCUT2D eigenvalue weighted by Gasteiger charge is -2.24. The highest BCUT2D eigenvalue weighted by Crippen LogP contribution is 2.35. The van der Waals surface area contributed by atoms with Gasteiger partial charge in [-0.2, -0.15) is 4.98 Å². The Kier molecular flexibility index (Phi) is 5.94. The van der Waals surface area contributed by atoms with Gasteiger partial charge in [-0.25, -0.2) is 4.98 Å². The van der Waals surface area contributed by atoms with E-state index in [2.05, 4.69) is 29.0 Å². The van der Waals surface area contributed by atoms with Crippen LogP contribution in [0.4, 0.5) is 11.6 Å². The molecular formula is C24H31N5O4. The van der Waals surface area contributed by atoms with Crippen molar-refractivity contribution in [1.29, 1.82) is 0 Å². The predicted octanol–water partition coefficient (Wildman–Crippen LogP) is 2.34. The van der Waals surface area contributed by atoms with Gasteiger partial charge in [0.15, 0.2) is 6.29 Å². The fourth-order valence-electron chi connectivity index (χ4n) is 4.62. The minimum absolute atomic E-state index is 0.0683. The number of nitrogens with zero attached hydrogens (tertiary/aromatic N) is 4. The molecule has 3 aliphatic rings. The van der Waals surface area contributed by atoms with Gasteiger partial charge < -0.3 is 24.4 Å². The molecule has 9 heteroatoms. The van der Waals surface area contributed by atoms with Crippen LogP contribution >= 0.6 is 0 Å². The second kappa shape index (κ2) is 8.89. The Morgan fingerprint density at radius 3 is 2.94 bits per heavy atom. The summed E-state index contributed by atoms with van der Waals surface area (Å²) in [5, 5.41) is 3.18. The van der Waals surface area contributed by atoms with Crippen molar-refractivity contribution in [1.82, 2.24) is 15.3 Å². The first-order chi connectivity index (χ1) is 16.0. The third-order valence-corrected chi connectivity index (χ3v) is 6.71. The zero-order chi connectivity index (χ0) is 23.1. The molecule has 2 aromatic rings. The number of carbonyl (C=O) groups is 1. The summed E-state index contributed by atoms with van der Waals surface area (Å²) in [6.45, 7) is 6.41. The van der Waals surface area contributed by atoms with Gasteiger partial charge in [0, 0.05) is 31.3 Å². The van der Waals surface area contributed by atoms with E-state index in [1.54, 1.807) is 4.90 Å². The standard InChI is InChI=1S/C24H31N5O4/c1-14(2)28(4)21-10-16-17(18(26-21)11-25-3)12-29(23(16)30)20-6-5-7-22(27-20)33-19-13-32-24-15(19)8-9-31-24/h5-7,10,14-15,19,24-25H,8-9,11-13H2,1-4H3/t15-,19-,24+/m0/s1. The predicted molar refractivity (Wildman–Crippen MR) is 124 cm³/mol. The molecule has 0 aliphatic carbocycles. The summed E-state index contributed by atoms with van der Waals surface area (Å²) in [6, 6.07) is 7.70. The number of pyridine rings is 2. The first-order valence-electron chi connectivity index (χ1n) is 11.5. The molecule has 5 heterocycles. The van der Waals surface area contributed by atoms with Crippen LogP contribution in [-0.2, 0) is 22.6 Å². The van der Waals surface area contributed by atoms with E-state index in [4.69, 9.17) is 19.2 Å². The van der Waals surface area contributed by atoms with Gasteiger partial charge in [0.25, 0.3) is 5.91 Å². The normalized spacial score (nSPS) is 23.8. The van der Waals surface area contributed by atoms with E-state index in [-0.39, 0.29) is 30.3 Å². The van der Waals surface area contributed by atoms with E-state index in [1.165, 1.54) is 0 Å². The van der Waals surface area contributed by atoms with Gasteiger partial charge in [-0.3, -0.25) is 9.69 Å². The summed E-state index contributed by atoms with van der Waals surface area (Å²) >= 11 is 0. The monoisotopic (exact) mass is 453 g/mol. The summed E-state index contributed by atoms with van der Waals surface area (Å²) in [6.07, 6.45) is 0.653. The van der Waals surface area contributed by atoms with Crippen molar-refractivity contribution < 1.29 is 19.0 Å². The zero-order valence-electron chi connectivity index (χ0n) is 19.6. The van der Waals surface area contributed by atoms with Crippen LogP contribution in [0.25, 0.3) is 0 Å². The number of carbonyl (C=O) groups excluding carboxylic acids is 1. The highest BCUT2D eigenvalue weighted by atomic mass is 16.7. The van der Waals surface area contributed by atoms with Crippen molar-refractivity contribution in [2.24, 2.45) is 5.92 Å². The minimum Gasteiger partial charge on any atom is -0.471 e. The largest absolute Gasteiger partial charge is 0.471 e. The lowest BCUT2D eigenvalue weighted by atomic mass is 10.0. The van der Waals surface area contributed by atoms with Crippen LogP contribution in [0.15, 0.2) is 24.3 Å². The van der Waals surface area contributed by atoms with Crippen LogP contribution in [-0.4, -0.2) is 61.6 Å². The van der Waals surface area contributed by atoms with E-state index in [0.717, 1.165) is 23.5 Å². The molecule has 0 spiro atoms. The summed E-state index contributed by atoms with van der Waals surface area (Å²) in [7, 11) is 3.88. The van der Waals surface area contributed by atoms with Crippen LogP contribution in [0.2, 0.25) is 0 Å². The fourth-order valence-corrected chi connectivity index (χ4v) is 4.62. The maximum absolute atomic E-state index is 13.4. The van der Waals surface area contributed by atoms with Gasteiger partial charge in [0.1, 0.15) is 17.7 Å². The highest BCUT2D eigenvalue weighted by molar-refractivity contribution is 6.10. The molecule has 1 N–H and O–H groups in total. The number of nitrogens with one attached hydrogen (secondary N) is 1. The molecule has 2 aromatic heterocycles. The Bertz CT molecular complexity index is 1050. The van der Waals surface area contributed by atoms with Gasteiger partial charge in [-0.1, -0.05) is 6.07 Å². The first kappa shape index (κ1) is 22.1. The Hall–Kier alpha value is -2.75. The molecule has 0 aromatic carbocycles. The van der Waals surface area contributed by atoms with Gasteiger partial charge in [-0.15, -0.1) is 0 Å².